The molecule has 0 spiro atoms. The highest BCUT2D eigenvalue weighted by atomic mass is 31.2. The van der Waals surface area contributed by atoms with Gasteiger partial charge in [0.25, 0.3) is 7.82 Å². The second kappa shape index (κ2) is 45.4. The summed E-state index contributed by atoms with van der Waals surface area (Å²) >= 11 is 0. The number of phosphoric ester groups is 1. The number of amides is 1. The Morgan fingerprint density at radius 1 is 0.556 bits per heavy atom. The number of aliphatic hydroxyl groups is 1. The molecule has 0 saturated carbocycles. The van der Waals surface area contributed by atoms with Crippen LogP contribution in [0.2, 0.25) is 0 Å². The summed E-state index contributed by atoms with van der Waals surface area (Å²) in [5.41, 5.74) is 0. The molecule has 0 fully saturated rings. The summed E-state index contributed by atoms with van der Waals surface area (Å²) in [6.07, 6.45) is 60.0. The number of nitrogens with zero attached hydrogens (tertiary/aromatic N) is 1. The van der Waals surface area contributed by atoms with E-state index in [0.29, 0.717) is 17.4 Å². The van der Waals surface area contributed by atoms with Crippen molar-refractivity contribution < 1.29 is 32.9 Å². The minimum Gasteiger partial charge on any atom is -0.756 e. The molecule has 0 radical (unpaired) electrons. The molecule has 368 valence electrons. The van der Waals surface area contributed by atoms with Crippen LogP contribution in [0.5, 0.6) is 0 Å². The van der Waals surface area contributed by atoms with Gasteiger partial charge in [0.1, 0.15) is 13.2 Å². The summed E-state index contributed by atoms with van der Waals surface area (Å²) in [5.74, 6) is -0.226. The zero-order valence-corrected chi connectivity index (χ0v) is 42.7. The van der Waals surface area contributed by atoms with Crippen LogP contribution in [0.15, 0.2) is 60.8 Å². The third-order valence-electron chi connectivity index (χ3n) is 11.4. The highest BCUT2D eigenvalue weighted by Crippen LogP contribution is 2.38. The van der Waals surface area contributed by atoms with Crippen LogP contribution in [0, 0.1) is 0 Å². The number of rotatable bonds is 47. The fourth-order valence-electron chi connectivity index (χ4n) is 7.27. The van der Waals surface area contributed by atoms with Crippen molar-refractivity contribution in [2.45, 2.75) is 238 Å². The summed E-state index contributed by atoms with van der Waals surface area (Å²) < 4.78 is 23.2. The fourth-order valence-corrected chi connectivity index (χ4v) is 8.00. The zero-order valence-electron chi connectivity index (χ0n) is 41.8. The third kappa shape index (κ3) is 48.0. The Morgan fingerprint density at radius 2 is 0.937 bits per heavy atom. The molecule has 0 aliphatic rings. The van der Waals surface area contributed by atoms with Crippen molar-refractivity contribution in [2.75, 3.05) is 40.9 Å². The monoisotopic (exact) mass is 905 g/mol. The number of quaternary nitrogens is 1. The molecule has 0 bridgehead atoms. The maximum atomic E-state index is 12.9. The molecular weight excluding hydrogens is 804 g/mol. The van der Waals surface area contributed by atoms with Gasteiger partial charge in [-0.25, -0.2) is 0 Å². The van der Waals surface area contributed by atoms with Crippen LogP contribution in [-0.2, 0) is 18.4 Å². The Labute approximate surface area is 390 Å². The maximum absolute atomic E-state index is 12.9. The van der Waals surface area contributed by atoms with E-state index in [1.54, 1.807) is 6.08 Å². The first-order chi connectivity index (χ1) is 30.5. The van der Waals surface area contributed by atoms with E-state index in [1.807, 2.05) is 27.2 Å². The number of unbranched alkanes of at least 4 members (excludes halogenated alkanes) is 26. The summed E-state index contributed by atoms with van der Waals surface area (Å²) in [7, 11) is 1.22. The number of likely N-dealkylation sites (N-methyl/N-ethyl adjacent to an activating group) is 1. The van der Waals surface area contributed by atoms with E-state index in [1.165, 1.54) is 135 Å². The smallest absolute Gasteiger partial charge is 0.268 e. The number of hydrogen-bond acceptors (Lipinski definition) is 6. The minimum atomic E-state index is -4.61. The first-order valence-electron chi connectivity index (χ1n) is 26.2. The van der Waals surface area contributed by atoms with Gasteiger partial charge in [0.15, 0.2) is 0 Å². The van der Waals surface area contributed by atoms with Crippen molar-refractivity contribution in [3.8, 4) is 0 Å². The van der Waals surface area contributed by atoms with Gasteiger partial charge >= 0.3 is 0 Å². The number of aliphatic hydroxyl groups excluding tert-OH is 1. The van der Waals surface area contributed by atoms with Gasteiger partial charge in [-0.3, -0.25) is 9.36 Å². The number of carbonyl (C=O) groups is 1. The van der Waals surface area contributed by atoms with Gasteiger partial charge in [-0.1, -0.05) is 203 Å². The summed E-state index contributed by atoms with van der Waals surface area (Å²) in [4.78, 5) is 25.4. The Bertz CT molecular complexity index is 1210. The van der Waals surface area contributed by atoms with Crippen LogP contribution in [0.4, 0.5) is 0 Å². The lowest BCUT2D eigenvalue weighted by Gasteiger charge is -2.29. The molecule has 0 aromatic carbocycles. The summed E-state index contributed by atoms with van der Waals surface area (Å²) in [5, 5.41) is 13.8. The van der Waals surface area contributed by atoms with E-state index in [0.717, 1.165) is 70.6 Å². The quantitative estimate of drug-likeness (QED) is 0.0273. The number of carbonyl (C=O) groups excluding carboxylic acids is 1. The molecule has 0 aliphatic heterocycles. The third-order valence-corrected chi connectivity index (χ3v) is 12.4. The van der Waals surface area contributed by atoms with Crippen LogP contribution >= 0.6 is 7.82 Å². The highest BCUT2D eigenvalue weighted by molar-refractivity contribution is 7.45. The zero-order chi connectivity index (χ0) is 46.4. The molecule has 9 heteroatoms. The number of nitrogens with one attached hydrogen (secondary N) is 1. The maximum Gasteiger partial charge on any atom is 0.268 e. The Balaban J connectivity index is 4.38. The SMILES string of the molecule is CCCCCC/C=C\C/C=C\CCCCCCCC(=O)NC(COP(=O)([O-])OCC[N+](C)(C)C)C(O)/C=C/CC/C=C/CC/C=C/CCCCCCCCCCCCCCCCC. The van der Waals surface area contributed by atoms with Crippen molar-refractivity contribution in [3.63, 3.8) is 0 Å². The molecule has 0 aromatic rings. The number of allylic oxidation sites excluding steroid dienone is 9. The van der Waals surface area contributed by atoms with Gasteiger partial charge in [-0.2, -0.15) is 0 Å². The predicted molar refractivity (Wildman–Crippen MR) is 270 cm³/mol. The highest BCUT2D eigenvalue weighted by Gasteiger charge is 2.23. The van der Waals surface area contributed by atoms with Gasteiger partial charge in [0.2, 0.25) is 5.91 Å². The molecule has 0 aromatic heterocycles. The van der Waals surface area contributed by atoms with Crippen LogP contribution < -0.4 is 10.2 Å². The Morgan fingerprint density at radius 3 is 1.40 bits per heavy atom. The van der Waals surface area contributed by atoms with Crippen LogP contribution in [0.25, 0.3) is 0 Å². The van der Waals surface area contributed by atoms with Gasteiger partial charge in [-0.05, 0) is 77.0 Å². The largest absolute Gasteiger partial charge is 0.756 e. The second-order valence-corrected chi connectivity index (χ2v) is 20.3. The van der Waals surface area contributed by atoms with E-state index >= 15 is 0 Å². The molecule has 3 atom stereocenters. The van der Waals surface area contributed by atoms with Crippen molar-refractivity contribution in [2.24, 2.45) is 0 Å². The van der Waals surface area contributed by atoms with Gasteiger partial charge in [-0.15, -0.1) is 0 Å². The Kier molecular flexibility index (Phi) is 44.1. The second-order valence-electron chi connectivity index (χ2n) is 18.9. The van der Waals surface area contributed by atoms with E-state index in [2.05, 4.69) is 67.8 Å². The first-order valence-corrected chi connectivity index (χ1v) is 27.6. The molecule has 63 heavy (non-hydrogen) atoms. The van der Waals surface area contributed by atoms with Gasteiger partial charge in [0, 0.05) is 6.42 Å². The summed E-state index contributed by atoms with van der Waals surface area (Å²) in [6.45, 7) is 4.59. The van der Waals surface area contributed by atoms with Gasteiger partial charge < -0.3 is 28.8 Å². The summed E-state index contributed by atoms with van der Waals surface area (Å²) in [6, 6.07) is -0.919. The van der Waals surface area contributed by atoms with E-state index in [4.69, 9.17) is 9.05 Å². The normalized spacial score (nSPS) is 14.6. The molecular formula is C54H101N2O6P. The van der Waals surface area contributed by atoms with Crippen molar-refractivity contribution >= 4 is 13.7 Å². The average molecular weight is 905 g/mol. The lowest BCUT2D eigenvalue weighted by atomic mass is 10.0. The lowest BCUT2D eigenvalue weighted by molar-refractivity contribution is -0.870. The standard InChI is InChI=1S/C54H101N2O6P/c1-6-8-10-12-14-16-18-20-22-24-25-26-27-28-29-30-31-32-33-35-37-39-41-43-45-47-53(57)52(51-62-63(59,60)61-50-49-56(3,4)5)55-54(58)48-46-44-42-40-38-36-34-23-21-19-17-15-13-11-9-7-2/h17,19,23,31-32,34,37,39,45,47,52-53,57H,6-16,18,20-22,24-30,33,35-36,38,40-44,46,48-51H2,1-5H3,(H-,55,58,59,60)/b19-17-,32-31+,34-23-,39-37+,47-45+. The van der Waals surface area contributed by atoms with E-state index < -0.39 is 26.6 Å². The molecule has 0 saturated heterocycles. The first kappa shape index (κ1) is 61.2. The van der Waals surface area contributed by atoms with Crippen molar-refractivity contribution in [1.82, 2.24) is 5.32 Å². The topological polar surface area (TPSA) is 108 Å². The van der Waals surface area contributed by atoms with E-state index in [-0.39, 0.29) is 12.5 Å². The minimum absolute atomic E-state index is 0.0139. The Hall–Kier alpha value is -1.80. The number of phosphoric acid groups is 1. The van der Waals surface area contributed by atoms with E-state index in [9.17, 15) is 19.4 Å². The van der Waals surface area contributed by atoms with Crippen molar-refractivity contribution in [3.05, 3.63) is 60.8 Å². The average Bonchev–Trinajstić information content (AvgIpc) is 3.24. The van der Waals surface area contributed by atoms with Crippen LogP contribution in [-0.4, -0.2) is 68.5 Å². The van der Waals surface area contributed by atoms with Crippen LogP contribution in [0.1, 0.15) is 226 Å². The predicted octanol–water partition coefficient (Wildman–Crippen LogP) is 14.7. The fraction of sp³-hybridized carbons (Fsp3) is 0.796. The molecule has 3 unspecified atom stereocenters. The van der Waals surface area contributed by atoms with Gasteiger partial charge in [0.05, 0.1) is 39.9 Å². The lowest BCUT2D eigenvalue weighted by Crippen LogP contribution is -2.45. The molecule has 0 aliphatic carbocycles. The van der Waals surface area contributed by atoms with Crippen molar-refractivity contribution in [1.29, 1.82) is 0 Å². The molecule has 0 rings (SSSR count). The molecule has 1 amide bonds. The van der Waals surface area contributed by atoms with Crippen LogP contribution in [0.3, 0.4) is 0 Å². The molecule has 0 heterocycles. The molecule has 2 N–H and O–H groups in total. The molecule has 8 nitrogen and oxygen atoms in total. The number of hydrogen-bond donors (Lipinski definition) is 2.